The van der Waals surface area contributed by atoms with Gasteiger partial charge in [-0.1, -0.05) is 33.9 Å². The van der Waals surface area contributed by atoms with Gasteiger partial charge in [0.25, 0.3) is 0 Å². The van der Waals surface area contributed by atoms with Gasteiger partial charge in [0, 0.05) is 24.6 Å². The Balaban J connectivity index is 0.0000106. The summed E-state index contributed by atoms with van der Waals surface area (Å²) < 4.78 is 31.7. The monoisotopic (exact) mass is 661 g/mol. The molecule has 0 saturated heterocycles. The number of ether oxygens (including phenoxy) is 6. The van der Waals surface area contributed by atoms with Crippen LogP contribution in [-0.4, -0.2) is 95.1 Å². The van der Waals surface area contributed by atoms with Crippen molar-refractivity contribution in [1.82, 2.24) is 5.32 Å². The van der Waals surface area contributed by atoms with Crippen LogP contribution in [0.1, 0.15) is 90.4 Å². The van der Waals surface area contributed by atoms with Crippen molar-refractivity contribution in [2.24, 2.45) is 5.92 Å². The zero-order valence-electron chi connectivity index (χ0n) is 26.5. The minimum absolute atomic E-state index is 0. The Kier molecular flexibility index (Phi) is 21.2. The van der Waals surface area contributed by atoms with E-state index in [2.05, 4.69) is 5.32 Å². The second-order valence-electron chi connectivity index (χ2n) is 10.5. The summed E-state index contributed by atoms with van der Waals surface area (Å²) in [5.41, 5.74) is 1.05. The maximum Gasteiger partial charge on any atom is 0.338 e. The maximum absolute atomic E-state index is 12.8. The Morgan fingerprint density at radius 1 is 0.638 bits per heavy atom. The van der Waals surface area contributed by atoms with E-state index >= 15 is 0 Å². The lowest BCUT2D eigenvalue weighted by molar-refractivity contribution is -0.126. The molecule has 0 bridgehead atoms. The van der Waals surface area contributed by atoms with Crippen LogP contribution in [0.2, 0.25) is 0 Å². The highest BCUT2D eigenvalue weighted by molar-refractivity contribution is 5.96. The first-order valence-electron chi connectivity index (χ1n) is 14.7. The van der Waals surface area contributed by atoms with Crippen LogP contribution in [-0.2, 0) is 33.2 Å². The van der Waals surface area contributed by atoms with Crippen molar-refractivity contribution in [2.75, 3.05) is 53.4 Å². The number of ketones is 1. The fraction of sp³-hybridized carbons (Fsp3) is 0.514. The van der Waals surface area contributed by atoms with E-state index in [1.165, 1.54) is 55.5 Å². The first-order chi connectivity index (χ1) is 21.5. The summed E-state index contributed by atoms with van der Waals surface area (Å²) in [6.07, 6.45) is -0.839. The average molecular weight is 662 g/mol. The van der Waals surface area contributed by atoms with Crippen LogP contribution in [0.3, 0.4) is 0 Å². The van der Waals surface area contributed by atoms with E-state index in [-0.39, 0.29) is 75.5 Å². The van der Waals surface area contributed by atoms with E-state index in [1.54, 1.807) is 14.0 Å². The molecule has 0 saturated carbocycles. The standard InChI is InChI=1S/C33H43NO11.2CH4/c1-22(2)34-30(36)23(3)20-29(45-33(39)28-8-6-25(7-9-28)24(4)35)21-44-32(38)27-12-10-26(11-13-27)31(37)43-19-18-42-17-16-41-15-14-40-5;;/h6-13,22-23,29H,14-21H2,1-5H3,(H,34,36);2*1H4. The SMILES string of the molecule is C.C.COCCOCCOCCOC(=O)c1ccc(C(=O)OCC(CC(C)C(=O)NC(C)C)OC(=O)c2ccc(C(C)=O)cc2)cc1. The topological polar surface area (TPSA) is 153 Å². The number of benzene rings is 2. The summed E-state index contributed by atoms with van der Waals surface area (Å²) in [7, 11) is 1.59. The number of Topliss-reactive ketones (excluding diaryl/α,β-unsaturated/α-hetero) is 1. The summed E-state index contributed by atoms with van der Waals surface area (Å²) >= 11 is 0. The van der Waals surface area contributed by atoms with Gasteiger partial charge in [-0.2, -0.15) is 0 Å². The van der Waals surface area contributed by atoms with Crippen LogP contribution in [0.4, 0.5) is 0 Å². The highest BCUT2D eigenvalue weighted by Crippen LogP contribution is 2.16. The zero-order valence-corrected chi connectivity index (χ0v) is 26.5. The molecule has 0 aromatic heterocycles. The molecule has 2 aromatic rings. The van der Waals surface area contributed by atoms with Crippen molar-refractivity contribution < 1.29 is 52.4 Å². The number of hydrogen-bond acceptors (Lipinski definition) is 11. The van der Waals surface area contributed by atoms with E-state index in [4.69, 9.17) is 28.4 Å². The van der Waals surface area contributed by atoms with Gasteiger partial charge in [-0.3, -0.25) is 9.59 Å². The lowest BCUT2D eigenvalue weighted by Gasteiger charge is -2.22. The van der Waals surface area contributed by atoms with E-state index in [0.717, 1.165) is 0 Å². The van der Waals surface area contributed by atoms with Crippen LogP contribution in [0.15, 0.2) is 48.5 Å². The van der Waals surface area contributed by atoms with Gasteiger partial charge in [0.05, 0.1) is 49.7 Å². The number of methoxy groups -OCH3 is 1. The van der Waals surface area contributed by atoms with E-state index in [1.807, 2.05) is 13.8 Å². The van der Waals surface area contributed by atoms with Crippen LogP contribution in [0.25, 0.3) is 0 Å². The average Bonchev–Trinajstić information content (AvgIpc) is 3.02. The second-order valence-corrected chi connectivity index (χ2v) is 10.5. The molecule has 2 atom stereocenters. The number of hydrogen-bond donors (Lipinski definition) is 1. The van der Waals surface area contributed by atoms with E-state index < -0.39 is 29.9 Å². The molecule has 2 unspecified atom stereocenters. The summed E-state index contributed by atoms with van der Waals surface area (Å²) in [6, 6.07) is 11.6. The third-order valence-electron chi connectivity index (χ3n) is 6.32. The van der Waals surface area contributed by atoms with Gasteiger partial charge in [-0.05, 0) is 63.6 Å². The van der Waals surface area contributed by atoms with Crippen LogP contribution < -0.4 is 5.32 Å². The van der Waals surface area contributed by atoms with Crippen molar-refractivity contribution in [3.63, 3.8) is 0 Å². The van der Waals surface area contributed by atoms with Crippen molar-refractivity contribution in [1.29, 1.82) is 0 Å². The maximum atomic E-state index is 12.8. The number of carbonyl (C=O) groups is 5. The smallest absolute Gasteiger partial charge is 0.338 e. The lowest BCUT2D eigenvalue weighted by Crippen LogP contribution is -2.37. The molecular weight excluding hydrogens is 610 g/mol. The van der Waals surface area contributed by atoms with Gasteiger partial charge in [-0.25, -0.2) is 14.4 Å². The molecule has 0 radical (unpaired) electrons. The van der Waals surface area contributed by atoms with Gasteiger partial charge in [0.15, 0.2) is 5.78 Å². The van der Waals surface area contributed by atoms with Gasteiger partial charge < -0.3 is 33.7 Å². The first-order valence-corrected chi connectivity index (χ1v) is 14.7. The second kappa shape index (κ2) is 23.2. The Morgan fingerprint density at radius 2 is 1.09 bits per heavy atom. The molecule has 0 fully saturated rings. The summed E-state index contributed by atoms with van der Waals surface area (Å²) in [5, 5.41) is 2.81. The van der Waals surface area contributed by atoms with E-state index in [0.29, 0.717) is 32.0 Å². The predicted molar refractivity (Wildman–Crippen MR) is 177 cm³/mol. The van der Waals surface area contributed by atoms with E-state index in [9.17, 15) is 24.0 Å². The van der Waals surface area contributed by atoms with Gasteiger partial charge >= 0.3 is 17.9 Å². The molecule has 262 valence electrons. The van der Waals surface area contributed by atoms with Crippen molar-refractivity contribution >= 4 is 29.6 Å². The number of carbonyl (C=O) groups excluding carboxylic acids is 5. The largest absolute Gasteiger partial charge is 0.460 e. The van der Waals surface area contributed by atoms with Crippen LogP contribution in [0.5, 0.6) is 0 Å². The Hall–Kier alpha value is -4.13. The summed E-state index contributed by atoms with van der Waals surface area (Å²) in [5.74, 6) is -2.89. The summed E-state index contributed by atoms with van der Waals surface area (Å²) in [4.78, 5) is 62.0. The fourth-order valence-electron chi connectivity index (χ4n) is 3.87. The predicted octanol–water partition coefficient (Wildman–Crippen LogP) is 4.93. The number of amides is 1. The van der Waals surface area contributed by atoms with Crippen LogP contribution >= 0.6 is 0 Å². The third-order valence-corrected chi connectivity index (χ3v) is 6.32. The number of nitrogens with one attached hydrogen (secondary N) is 1. The Bertz CT molecular complexity index is 1240. The van der Waals surface area contributed by atoms with Crippen LogP contribution in [0, 0.1) is 5.92 Å². The molecule has 12 nitrogen and oxygen atoms in total. The molecule has 0 heterocycles. The van der Waals surface area contributed by atoms with Gasteiger partial charge in [-0.15, -0.1) is 0 Å². The highest BCUT2D eigenvalue weighted by atomic mass is 16.6. The van der Waals surface area contributed by atoms with Crippen molar-refractivity contribution in [3.8, 4) is 0 Å². The molecule has 1 amide bonds. The molecule has 0 aliphatic carbocycles. The molecule has 0 aliphatic heterocycles. The lowest BCUT2D eigenvalue weighted by atomic mass is 10.0. The van der Waals surface area contributed by atoms with Crippen molar-refractivity contribution in [2.45, 2.75) is 61.1 Å². The molecule has 47 heavy (non-hydrogen) atoms. The molecular formula is C35H51NO11. The third kappa shape index (κ3) is 16.3. The minimum Gasteiger partial charge on any atom is -0.460 e. The van der Waals surface area contributed by atoms with Gasteiger partial charge in [0.2, 0.25) is 5.91 Å². The Labute approximate surface area is 278 Å². The molecule has 1 N–H and O–H groups in total. The molecule has 2 rings (SSSR count). The quantitative estimate of drug-likeness (QED) is 0.0890. The zero-order chi connectivity index (χ0) is 33.2. The highest BCUT2D eigenvalue weighted by Gasteiger charge is 2.25. The number of esters is 3. The molecule has 2 aromatic carbocycles. The molecule has 0 aliphatic rings. The molecule has 12 heteroatoms. The van der Waals surface area contributed by atoms with Gasteiger partial charge in [0.1, 0.15) is 19.3 Å². The summed E-state index contributed by atoms with van der Waals surface area (Å²) in [6.45, 7) is 8.45. The van der Waals surface area contributed by atoms with Crippen molar-refractivity contribution in [3.05, 3.63) is 70.8 Å². The normalized spacial score (nSPS) is 11.7. The first kappa shape index (κ1) is 42.9. The minimum atomic E-state index is -0.935. The molecule has 0 spiro atoms. The fourth-order valence-corrected chi connectivity index (χ4v) is 3.87. The Morgan fingerprint density at radius 3 is 1.57 bits per heavy atom. The number of rotatable bonds is 20.